The van der Waals surface area contributed by atoms with Gasteiger partial charge in [0, 0.05) is 16.5 Å². The Balaban J connectivity index is 2.20. The lowest BCUT2D eigenvalue weighted by Gasteiger charge is -2.17. The molecule has 0 bridgehead atoms. The summed E-state index contributed by atoms with van der Waals surface area (Å²) in [5.41, 5.74) is 2.33. The van der Waals surface area contributed by atoms with Gasteiger partial charge < -0.3 is 5.32 Å². The van der Waals surface area contributed by atoms with E-state index in [0.717, 1.165) is 11.1 Å². The molecule has 0 saturated heterocycles. The smallest absolute Gasteiger partial charge is 0.252 e. The van der Waals surface area contributed by atoms with Gasteiger partial charge in [0.25, 0.3) is 5.91 Å². The van der Waals surface area contributed by atoms with Crippen LogP contribution in [0.5, 0.6) is 0 Å². The van der Waals surface area contributed by atoms with Gasteiger partial charge in [-0.2, -0.15) is 0 Å². The fraction of sp³-hybridized carbons (Fsp3) is 0.188. The van der Waals surface area contributed by atoms with E-state index in [9.17, 15) is 4.79 Å². The van der Waals surface area contributed by atoms with Crippen LogP contribution >= 0.6 is 23.2 Å². The average Bonchev–Trinajstić information content (AvgIpc) is 2.48. The molecule has 0 aliphatic rings. The van der Waals surface area contributed by atoms with E-state index in [2.05, 4.69) is 5.32 Å². The average molecular weight is 308 g/mol. The highest BCUT2D eigenvalue weighted by Gasteiger charge is 2.16. The zero-order valence-corrected chi connectivity index (χ0v) is 12.6. The maximum Gasteiger partial charge on any atom is 0.252 e. The normalized spacial score (nSPS) is 11.9. The molecule has 1 unspecified atom stereocenters. The first-order chi connectivity index (χ1) is 9.63. The Bertz CT molecular complexity index is 599. The number of amides is 1. The van der Waals surface area contributed by atoms with Crippen molar-refractivity contribution < 1.29 is 4.79 Å². The molecule has 0 fully saturated rings. The molecule has 1 amide bonds. The van der Waals surface area contributed by atoms with Gasteiger partial charge in [-0.3, -0.25) is 4.79 Å². The third-order valence-corrected chi connectivity index (χ3v) is 3.89. The minimum Gasteiger partial charge on any atom is -0.344 e. The number of carbonyl (C=O) groups is 1. The zero-order valence-electron chi connectivity index (χ0n) is 11.1. The molecular weight excluding hydrogens is 293 g/mol. The molecule has 0 radical (unpaired) electrons. The van der Waals surface area contributed by atoms with E-state index in [1.54, 1.807) is 18.2 Å². The molecule has 1 N–H and O–H groups in total. The number of hydrogen-bond acceptors (Lipinski definition) is 1. The van der Waals surface area contributed by atoms with Crippen molar-refractivity contribution in [1.82, 2.24) is 5.32 Å². The summed E-state index contributed by atoms with van der Waals surface area (Å²) in [6, 6.07) is 14.7. The van der Waals surface area contributed by atoms with E-state index in [1.165, 1.54) is 0 Å². The molecule has 2 aromatic rings. The third-order valence-electron chi connectivity index (χ3n) is 3.17. The van der Waals surface area contributed by atoms with Crippen LogP contribution in [-0.4, -0.2) is 11.8 Å². The van der Waals surface area contributed by atoms with E-state index in [4.69, 9.17) is 23.2 Å². The molecule has 0 spiro atoms. The van der Waals surface area contributed by atoms with Crippen LogP contribution in [0.2, 0.25) is 5.02 Å². The number of rotatable bonds is 4. The molecule has 0 saturated carbocycles. The number of nitrogens with one attached hydrogen (secondary N) is 1. The van der Waals surface area contributed by atoms with Crippen molar-refractivity contribution >= 4 is 29.1 Å². The topological polar surface area (TPSA) is 29.1 Å². The standard InChI is InChI=1S/C16H15Cl2NO/c1-11-13(8-5-9-14(11)18)16(20)19-15(10-17)12-6-3-2-4-7-12/h2-9,15H,10H2,1H3,(H,19,20). The second-order valence-corrected chi connectivity index (χ2v) is 5.22. The van der Waals surface area contributed by atoms with Gasteiger partial charge in [-0.05, 0) is 30.2 Å². The van der Waals surface area contributed by atoms with Crippen molar-refractivity contribution in [2.24, 2.45) is 0 Å². The Labute approximate surface area is 128 Å². The van der Waals surface area contributed by atoms with Crippen LogP contribution in [0.15, 0.2) is 48.5 Å². The predicted molar refractivity (Wildman–Crippen MR) is 83.6 cm³/mol. The zero-order chi connectivity index (χ0) is 14.5. The molecule has 0 aromatic heterocycles. The molecule has 0 aliphatic heterocycles. The minimum absolute atomic E-state index is 0.167. The Morgan fingerprint density at radius 3 is 2.50 bits per heavy atom. The number of carbonyl (C=O) groups excluding carboxylic acids is 1. The molecule has 104 valence electrons. The summed E-state index contributed by atoms with van der Waals surface area (Å²) < 4.78 is 0. The number of hydrogen-bond donors (Lipinski definition) is 1. The first-order valence-corrected chi connectivity index (χ1v) is 7.21. The van der Waals surface area contributed by atoms with Gasteiger partial charge in [-0.25, -0.2) is 0 Å². The SMILES string of the molecule is Cc1c(Cl)cccc1C(=O)NC(CCl)c1ccccc1. The van der Waals surface area contributed by atoms with Crippen LogP contribution in [0, 0.1) is 6.92 Å². The van der Waals surface area contributed by atoms with Crippen molar-refractivity contribution in [3.05, 3.63) is 70.2 Å². The summed E-state index contributed by atoms with van der Waals surface area (Å²) in [7, 11) is 0. The second-order valence-electron chi connectivity index (χ2n) is 4.50. The van der Waals surface area contributed by atoms with Crippen LogP contribution in [0.3, 0.4) is 0 Å². The van der Waals surface area contributed by atoms with Gasteiger partial charge in [0.15, 0.2) is 0 Å². The Morgan fingerprint density at radius 2 is 1.85 bits per heavy atom. The molecule has 2 rings (SSSR count). The van der Waals surface area contributed by atoms with E-state index in [-0.39, 0.29) is 11.9 Å². The second kappa shape index (κ2) is 6.78. The Kier molecular flexibility index (Phi) is 5.05. The van der Waals surface area contributed by atoms with Gasteiger partial charge in [-0.15, -0.1) is 11.6 Å². The highest BCUT2D eigenvalue weighted by atomic mass is 35.5. The summed E-state index contributed by atoms with van der Waals surface area (Å²) in [6.07, 6.45) is 0. The number of alkyl halides is 1. The predicted octanol–water partition coefficient (Wildman–Crippen LogP) is 4.36. The van der Waals surface area contributed by atoms with Crippen molar-refractivity contribution in [3.63, 3.8) is 0 Å². The van der Waals surface area contributed by atoms with Gasteiger partial charge in [0.05, 0.1) is 6.04 Å². The Morgan fingerprint density at radius 1 is 1.15 bits per heavy atom. The first kappa shape index (κ1) is 14.9. The quantitative estimate of drug-likeness (QED) is 0.836. The molecular formula is C16H15Cl2NO. The lowest BCUT2D eigenvalue weighted by molar-refractivity contribution is 0.0939. The van der Waals surface area contributed by atoms with E-state index < -0.39 is 0 Å². The van der Waals surface area contributed by atoms with Crippen LogP contribution < -0.4 is 5.32 Å². The first-order valence-electron chi connectivity index (χ1n) is 6.30. The maximum atomic E-state index is 12.3. The summed E-state index contributed by atoms with van der Waals surface area (Å²) in [6.45, 7) is 1.83. The number of halogens is 2. The molecule has 20 heavy (non-hydrogen) atoms. The molecule has 0 heterocycles. The van der Waals surface area contributed by atoms with E-state index in [0.29, 0.717) is 16.5 Å². The molecule has 2 nitrogen and oxygen atoms in total. The van der Waals surface area contributed by atoms with Gasteiger partial charge in [0.1, 0.15) is 0 Å². The summed E-state index contributed by atoms with van der Waals surface area (Å²) >= 11 is 12.0. The van der Waals surface area contributed by atoms with Gasteiger partial charge >= 0.3 is 0 Å². The highest BCUT2D eigenvalue weighted by Crippen LogP contribution is 2.20. The van der Waals surface area contributed by atoms with Crippen LogP contribution in [0.25, 0.3) is 0 Å². The van der Waals surface area contributed by atoms with Crippen molar-refractivity contribution in [2.75, 3.05) is 5.88 Å². The largest absolute Gasteiger partial charge is 0.344 e. The van der Waals surface area contributed by atoms with Crippen LogP contribution in [0.1, 0.15) is 27.5 Å². The fourth-order valence-corrected chi connectivity index (χ4v) is 2.42. The van der Waals surface area contributed by atoms with E-state index in [1.807, 2.05) is 37.3 Å². The maximum absolute atomic E-state index is 12.3. The summed E-state index contributed by atoms with van der Waals surface area (Å²) in [4.78, 5) is 12.3. The number of benzene rings is 2. The molecule has 1 atom stereocenters. The van der Waals surface area contributed by atoms with Crippen molar-refractivity contribution in [2.45, 2.75) is 13.0 Å². The molecule has 2 aromatic carbocycles. The monoisotopic (exact) mass is 307 g/mol. The summed E-state index contributed by atoms with van der Waals surface area (Å²) in [5.74, 6) is 0.148. The fourth-order valence-electron chi connectivity index (χ4n) is 1.99. The lowest BCUT2D eigenvalue weighted by atomic mass is 10.1. The van der Waals surface area contributed by atoms with E-state index >= 15 is 0 Å². The molecule has 4 heteroatoms. The van der Waals surface area contributed by atoms with Crippen molar-refractivity contribution in [3.8, 4) is 0 Å². The van der Waals surface area contributed by atoms with Gasteiger partial charge in [0.2, 0.25) is 0 Å². The highest BCUT2D eigenvalue weighted by molar-refractivity contribution is 6.31. The van der Waals surface area contributed by atoms with Crippen LogP contribution in [-0.2, 0) is 0 Å². The lowest BCUT2D eigenvalue weighted by Crippen LogP contribution is -2.30. The molecule has 0 aliphatic carbocycles. The van der Waals surface area contributed by atoms with Crippen molar-refractivity contribution in [1.29, 1.82) is 0 Å². The third kappa shape index (κ3) is 3.33. The Hall–Kier alpha value is -1.51. The minimum atomic E-state index is -0.219. The van der Waals surface area contributed by atoms with Crippen LogP contribution in [0.4, 0.5) is 0 Å². The van der Waals surface area contributed by atoms with Gasteiger partial charge in [-0.1, -0.05) is 48.0 Å². The summed E-state index contributed by atoms with van der Waals surface area (Å²) in [5, 5.41) is 3.52.